The minimum atomic E-state index is -4.56. The predicted molar refractivity (Wildman–Crippen MR) is 56.5 cm³/mol. The van der Waals surface area contributed by atoms with Gasteiger partial charge in [-0.05, 0) is 19.1 Å². The molecule has 1 aromatic carbocycles. The van der Waals surface area contributed by atoms with Crippen molar-refractivity contribution in [3.05, 3.63) is 29.3 Å². The lowest BCUT2D eigenvalue weighted by atomic mass is 9.99. The minimum Gasteiger partial charge on any atom is -0.508 e. The van der Waals surface area contributed by atoms with Crippen molar-refractivity contribution < 1.29 is 23.4 Å². The third-order valence-corrected chi connectivity index (χ3v) is 2.44. The maximum absolute atomic E-state index is 12.2. The van der Waals surface area contributed by atoms with Gasteiger partial charge in [0.2, 0.25) is 0 Å². The molecule has 0 aromatic heterocycles. The van der Waals surface area contributed by atoms with Gasteiger partial charge in [0.15, 0.2) is 0 Å². The number of aromatic hydroxyl groups is 1. The van der Waals surface area contributed by atoms with Gasteiger partial charge in [-0.3, -0.25) is 0 Å². The van der Waals surface area contributed by atoms with Gasteiger partial charge in [-0.25, -0.2) is 0 Å². The van der Waals surface area contributed by atoms with E-state index in [-0.39, 0.29) is 11.3 Å². The van der Waals surface area contributed by atoms with Crippen LogP contribution in [-0.4, -0.2) is 22.4 Å². The molecule has 1 rings (SSSR count). The molecule has 0 fully saturated rings. The van der Waals surface area contributed by atoms with Crippen LogP contribution < -0.4 is 5.73 Å². The van der Waals surface area contributed by atoms with Crippen LogP contribution in [0.1, 0.15) is 23.7 Å². The van der Waals surface area contributed by atoms with E-state index in [1.165, 1.54) is 12.1 Å². The normalized spacial score (nSPS) is 15.6. The Bertz CT molecular complexity index is 393. The molecule has 0 saturated carbocycles. The van der Waals surface area contributed by atoms with Crippen molar-refractivity contribution in [3.8, 4) is 5.75 Å². The second kappa shape index (κ2) is 4.93. The summed E-state index contributed by atoms with van der Waals surface area (Å²) in [5, 5.41) is 19.1. The number of aryl methyl sites for hydroxylation is 1. The highest BCUT2D eigenvalue weighted by molar-refractivity contribution is 5.37. The maximum Gasteiger partial charge on any atom is 0.403 e. The van der Waals surface area contributed by atoms with Crippen molar-refractivity contribution in [2.24, 2.45) is 5.73 Å². The first kappa shape index (κ1) is 13.8. The van der Waals surface area contributed by atoms with Gasteiger partial charge >= 0.3 is 6.18 Å². The molecule has 3 nitrogen and oxygen atoms in total. The van der Waals surface area contributed by atoms with E-state index < -0.39 is 24.7 Å². The molecule has 0 radical (unpaired) electrons. The number of rotatable bonds is 3. The van der Waals surface area contributed by atoms with Gasteiger partial charge in [0.05, 0.1) is 6.10 Å². The fourth-order valence-corrected chi connectivity index (χ4v) is 1.44. The molecule has 0 amide bonds. The number of hydrogen-bond donors (Lipinski definition) is 3. The SMILES string of the molecule is Cc1ccc(O)c([C@H](O)C[C@@H](N)C(F)(F)F)c1. The molecular formula is C11H14F3NO2. The van der Waals surface area contributed by atoms with E-state index in [4.69, 9.17) is 5.73 Å². The highest BCUT2D eigenvalue weighted by Gasteiger charge is 2.38. The van der Waals surface area contributed by atoms with Crippen LogP contribution in [0.25, 0.3) is 0 Å². The van der Waals surface area contributed by atoms with Gasteiger partial charge in [-0.1, -0.05) is 11.6 Å². The molecule has 17 heavy (non-hydrogen) atoms. The smallest absolute Gasteiger partial charge is 0.403 e. The molecule has 0 aliphatic rings. The van der Waals surface area contributed by atoms with Crippen molar-refractivity contribution in [2.75, 3.05) is 0 Å². The Morgan fingerprint density at radius 3 is 2.47 bits per heavy atom. The standard InChI is InChI=1S/C11H14F3NO2/c1-6-2-3-8(16)7(4-6)9(17)5-10(15)11(12,13)14/h2-4,9-10,16-17H,5,15H2,1H3/t9-,10-/m1/s1. The van der Waals surface area contributed by atoms with E-state index in [0.717, 1.165) is 5.56 Å². The first-order valence-corrected chi connectivity index (χ1v) is 5.01. The predicted octanol–water partition coefficient (Wildman–Crippen LogP) is 2.01. The number of aliphatic hydroxyl groups is 1. The number of hydrogen-bond acceptors (Lipinski definition) is 3. The van der Waals surface area contributed by atoms with Crippen LogP contribution in [0.3, 0.4) is 0 Å². The molecular weight excluding hydrogens is 235 g/mol. The summed E-state index contributed by atoms with van der Waals surface area (Å²) in [6.45, 7) is 1.71. The number of halogens is 3. The first-order valence-electron chi connectivity index (χ1n) is 5.01. The van der Waals surface area contributed by atoms with Crippen LogP contribution in [-0.2, 0) is 0 Å². The van der Waals surface area contributed by atoms with Gasteiger partial charge in [0, 0.05) is 12.0 Å². The zero-order valence-electron chi connectivity index (χ0n) is 9.20. The summed E-state index contributed by atoms with van der Waals surface area (Å²) >= 11 is 0. The van der Waals surface area contributed by atoms with Crippen LogP contribution in [0.15, 0.2) is 18.2 Å². The number of benzene rings is 1. The molecule has 96 valence electrons. The molecule has 2 atom stereocenters. The average Bonchev–Trinajstić information content (AvgIpc) is 2.20. The molecule has 0 heterocycles. The van der Waals surface area contributed by atoms with Gasteiger partial charge in [-0.2, -0.15) is 13.2 Å². The molecule has 6 heteroatoms. The van der Waals surface area contributed by atoms with Gasteiger partial charge in [-0.15, -0.1) is 0 Å². The average molecular weight is 249 g/mol. The van der Waals surface area contributed by atoms with Crippen molar-refractivity contribution in [1.29, 1.82) is 0 Å². The van der Waals surface area contributed by atoms with Crippen molar-refractivity contribution in [1.82, 2.24) is 0 Å². The van der Waals surface area contributed by atoms with E-state index in [2.05, 4.69) is 0 Å². The lowest BCUT2D eigenvalue weighted by molar-refractivity contribution is -0.153. The highest BCUT2D eigenvalue weighted by Crippen LogP contribution is 2.31. The van der Waals surface area contributed by atoms with Crippen LogP contribution >= 0.6 is 0 Å². The second-order valence-corrected chi connectivity index (χ2v) is 3.96. The van der Waals surface area contributed by atoms with Gasteiger partial charge in [0.1, 0.15) is 11.8 Å². The lowest BCUT2D eigenvalue weighted by Crippen LogP contribution is -2.38. The van der Waals surface area contributed by atoms with Crippen molar-refractivity contribution in [3.63, 3.8) is 0 Å². The van der Waals surface area contributed by atoms with Crippen LogP contribution in [0.5, 0.6) is 5.75 Å². The fraction of sp³-hybridized carbons (Fsp3) is 0.455. The summed E-state index contributed by atoms with van der Waals surface area (Å²) in [5.41, 5.74) is 5.70. The summed E-state index contributed by atoms with van der Waals surface area (Å²) in [6.07, 6.45) is -6.67. The number of nitrogens with two attached hydrogens (primary N) is 1. The Balaban J connectivity index is 2.83. The molecule has 0 saturated heterocycles. The third kappa shape index (κ3) is 3.61. The summed E-state index contributed by atoms with van der Waals surface area (Å²) in [7, 11) is 0. The zero-order valence-corrected chi connectivity index (χ0v) is 9.20. The molecule has 4 N–H and O–H groups in total. The van der Waals surface area contributed by atoms with Crippen LogP contribution in [0.4, 0.5) is 13.2 Å². The van der Waals surface area contributed by atoms with Gasteiger partial charge in [0.25, 0.3) is 0 Å². The molecule has 0 spiro atoms. The molecule has 0 aliphatic heterocycles. The topological polar surface area (TPSA) is 66.5 Å². The summed E-state index contributed by atoms with van der Waals surface area (Å²) < 4.78 is 36.6. The molecule has 0 aliphatic carbocycles. The van der Waals surface area contributed by atoms with E-state index in [1.807, 2.05) is 0 Å². The van der Waals surface area contributed by atoms with E-state index in [1.54, 1.807) is 13.0 Å². The fourth-order valence-electron chi connectivity index (χ4n) is 1.44. The van der Waals surface area contributed by atoms with Crippen LogP contribution in [0, 0.1) is 6.92 Å². The zero-order chi connectivity index (χ0) is 13.2. The molecule has 0 bridgehead atoms. The van der Waals surface area contributed by atoms with E-state index >= 15 is 0 Å². The van der Waals surface area contributed by atoms with E-state index in [0.29, 0.717) is 0 Å². The number of phenolic OH excluding ortho intramolecular Hbond substituents is 1. The molecule has 1 aromatic rings. The highest BCUT2D eigenvalue weighted by atomic mass is 19.4. The van der Waals surface area contributed by atoms with Crippen molar-refractivity contribution in [2.45, 2.75) is 31.7 Å². The second-order valence-electron chi connectivity index (χ2n) is 3.96. The maximum atomic E-state index is 12.2. The van der Waals surface area contributed by atoms with Gasteiger partial charge < -0.3 is 15.9 Å². The monoisotopic (exact) mass is 249 g/mol. The Kier molecular flexibility index (Phi) is 4.00. The molecule has 0 unspecified atom stereocenters. The minimum absolute atomic E-state index is 0.0599. The summed E-state index contributed by atoms with van der Waals surface area (Å²) in [5.74, 6) is -0.238. The first-order chi connectivity index (χ1) is 7.71. The largest absolute Gasteiger partial charge is 0.508 e. The van der Waals surface area contributed by atoms with Crippen molar-refractivity contribution >= 4 is 0 Å². The number of phenols is 1. The lowest BCUT2D eigenvalue weighted by Gasteiger charge is -2.20. The Morgan fingerprint density at radius 2 is 1.94 bits per heavy atom. The number of alkyl halides is 3. The Labute approximate surface area is 96.7 Å². The third-order valence-electron chi connectivity index (χ3n) is 2.44. The van der Waals surface area contributed by atoms with Crippen LogP contribution in [0.2, 0.25) is 0 Å². The number of aliphatic hydroxyl groups excluding tert-OH is 1. The Hall–Kier alpha value is -1.27. The van der Waals surface area contributed by atoms with E-state index in [9.17, 15) is 23.4 Å². The quantitative estimate of drug-likeness (QED) is 0.767. The Morgan fingerprint density at radius 1 is 1.35 bits per heavy atom. The summed E-state index contributed by atoms with van der Waals surface area (Å²) in [4.78, 5) is 0. The summed E-state index contributed by atoms with van der Waals surface area (Å²) in [6, 6.07) is 2.24.